The van der Waals surface area contributed by atoms with Crippen LogP contribution in [-0.4, -0.2) is 47.6 Å². The lowest BCUT2D eigenvalue weighted by molar-refractivity contribution is -0.157. The molecule has 0 unspecified atom stereocenters. The molecule has 0 aromatic heterocycles. The molecule has 1 aromatic carbocycles. The summed E-state index contributed by atoms with van der Waals surface area (Å²) < 4.78 is 9.69. The average Bonchev–Trinajstić information content (AvgIpc) is 2.42. The minimum atomic E-state index is -1.30. The molecular weight excluding hydrogens is 252 g/mol. The molecule has 0 radical (unpaired) electrons. The SMILES string of the molecule is CC(=O)O[C@@H](COC(=O)c1ccccc1)[C@H](O)CO. The number of rotatable bonds is 6. The first-order chi connectivity index (χ1) is 9.04. The molecule has 0 saturated carbocycles. The molecule has 0 heterocycles. The van der Waals surface area contributed by atoms with E-state index in [2.05, 4.69) is 0 Å². The van der Waals surface area contributed by atoms with E-state index in [9.17, 15) is 14.7 Å². The van der Waals surface area contributed by atoms with Crippen molar-refractivity contribution in [3.05, 3.63) is 35.9 Å². The lowest BCUT2D eigenvalue weighted by atomic mass is 10.2. The van der Waals surface area contributed by atoms with Gasteiger partial charge >= 0.3 is 11.9 Å². The van der Waals surface area contributed by atoms with Crippen LogP contribution in [0.2, 0.25) is 0 Å². The number of hydrogen-bond donors (Lipinski definition) is 2. The number of esters is 2. The predicted octanol–water partition coefficient (Wildman–Crippen LogP) is 0.128. The normalized spacial score (nSPS) is 13.4. The summed E-state index contributed by atoms with van der Waals surface area (Å²) in [4.78, 5) is 22.5. The monoisotopic (exact) mass is 268 g/mol. The number of aliphatic hydroxyl groups excluding tert-OH is 2. The third-order valence-corrected chi connectivity index (χ3v) is 2.32. The van der Waals surface area contributed by atoms with Crippen molar-refractivity contribution >= 4 is 11.9 Å². The van der Waals surface area contributed by atoms with Crippen LogP contribution >= 0.6 is 0 Å². The minimum absolute atomic E-state index is 0.324. The van der Waals surface area contributed by atoms with Crippen LogP contribution in [0.3, 0.4) is 0 Å². The van der Waals surface area contributed by atoms with E-state index in [1.807, 2.05) is 0 Å². The highest BCUT2D eigenvalue weighted by Crippen LogP contribution is 2.05. The van der Waals surface area contributed by atoms with Gasteiger partial charge in [0.05, 0.1) is 12.2 Å². The van der Waals surface area contributed by atoms with Gasteiger partial charge in [-0.3, -0.25) is 4.79 Å². The Labute approximate surface area is 110 Å². The van der Waals surface area contributed by atoms with Gasteiger partial charge in [-0.2, -0.15) is 0 Å². The van der Waals surface area contributed by atoms with E-state index in [4.69, 9.17) is 14.6 Å². The van der Waals surface area contributed by atoms with Crippen molar-refractivity contribution in [3.8, 4) is 0 Å². The molecule has 0 aliphatic rings. The van der Waals surface area contributed by atoms with Gasteiger partial charge in [-0.05, 0) is 12.1 Å². The molecule has 6 heteroatoms. The molecule has 2 N–H and O–H groups in total. The zero-order valence-corrected chi connectivity index (χ0v) is 10.5. The predicted molar refractivity (Wildman–Crippen MR) is 65.4 cm³/mol. The second-order valence-corrected chi connectivity index (χ2v) is 3.86. The van der Waals surface area contributed by atoms with Crippen molar-refractivity contribution in [2.45, 2.75) is 19.1 Å². The van der Waals surface area contributed by atoms with Crippen molar-refractivity contribution in [1.29, 1.82) is 0 Å². The van der Waals surface area contributed by atoms with E-state index in [-0.39, 0.29) is 6.61 Å². The Morgan fingerprint density at radius 2 is 1.89 bits per heavy atom. The zero-order chi connectivity index (χ0) is 14.3. The number of carbonyl (C=O) groups is 2. The van der Waals surface area contributed by atoms with Crippen LogP contribution in [0.15, 0.2) is 30.3 Å². The molecule has 0 aliphatic heterocycles. The largest absolute Gasteiger partial charge is 0.458 e. The Hall–Kier alpha value is -1.92. The molecule has 0 aliphatic carbocycles. The van der Waals surface area contributed by atoms with E-state index in [0.29, 0.717) is 5.56 Å². The van der Waals surface area contributed by atoms with Crippen molar-refractivity contribution in [1.82, 2.24) is 0 Å². The van der Waals surface area contributed by atoms with Crippen LogP contribution in [0.4, 0.5) is 0 Å². The highest BCUT2D eigenvalue weighted by Gasteiger charge is 2.23. The Kier molecular flexibility index (Phi) is 5.98. The van der Waals surface area contributed by atoms with Crippen LogP contribution < -0.4 is 0 Å². The second-order valence-electron chi connectivity index (χ2n) is 3.86. The third-order valence-electron chi connectivity index (χ3n) is 2.32. The maximum Gasteiger partial charge on any atom is 0.338 e. The lowest BCUT2D eigenvalue weighted by Crippen LogP contribution is -2.37. The van der Waals surface area contributed by atoms with Gasteiger partial charge in [-0.25, -0.2) is 4.79 Å². The minimum Gasteiger partial charge on any atom is -0.458 e. The summed E-state index contributed by atoms with van der Waals surface area (Å²) in [6.07, 6.45) is -2.39. The van der Waals surface area contributed by atoms with Gasteiger partial charge in [0.1, 0.15) is 12.7 Å². The standard InChI is InChI=1S/C13H16O6/c1-9(15)19-12(11(16)7-14)8-18-13(17)10-5-3-2-4-6-10/h2-6,11-12,14,16H,7-8H2,1H3/t11-,12+/m1/s1. The quantitative estimate of drug-likeness (QED) is 0.712. The maximum atomic E-state index is 11.6. The summed E-state index contributed by atoms with van der Waals surface area (Å²) in [6, 6.07) is 8.27. The van der Waals surface area contributed by atoms with Crippen LogP contribution in [0.25, 0.3) is 0 Å². The molecule has 19 heavy (non-hydrogen) atoms. The first kappa shape index (κ1) is 15.1. The summed E-state index contributed by atoms with van der Waals surface area (Å²) in [5.41, 5.74) is 0.350. The van der Waals surface area contributed by atoms with E-state index in [1.54, 1.807) is 30.3 Å². The molecule has 1 aromatic rings. The lowest BCUT2D eigenvalue weighted by Gasteiger charge is -2.20. The summed E-state index contributed by atoms with van der Waals surface area (Å²) in [5, 5.41) is 18.3. The Morgan fingerprint density at radius 3 is 2.42 bits per heavy atom. The van der Waals surface area contributed by atoms with Gasteiger partial charge in [-0.1, -0.05) is 18.2 Å². The summed E-state index contributed by atoms with van der Waals surface area (Å²) >= 11 is 0. The molecule has 0 spiro atoms. The number of ether oxygens (including phenoxy) is 2. The first-order valence-corrected chi connectivity index (χ1v) is 5.73. The van der Waals surface area contributed by atoms with Crippen LogP contribution in [0.5, 0.6) is 0 Å². The third kappa shape index (κ3) is 5.07. The molecule has 6 nitrogen and oxygen atoms in total. The van der Waals surface area contributed by atoms with E-state index < -0.39 is 30.8 Å². The molecule has 104 valence electrons. The Bertz CT molecular complexity index is 416. The van der Waals surface area contributed by atoms with Crippen molar-refractivity contribution < 1.29 is 29.3 Å². The van der Waals surface area contributed by atoms with Crippen LogP contribution in [0, 0.1) is 0 Å². The van der Waals surface area contributed by atoms with E-state index >= 15 is 0 Å². The zero-order valence-electron chi connectivity index (χ0n) is 10.5. The molecular formula is C13H16O6. The van der Waals surface area contributed by atoms with Gasteiger partial charge in [0.2, 0.25) is 0 Å². The van der Waals surface area contributed by atoms with Crippen molar-refractivity contribution in [3.63, 3.8) is 0 Å². The van der Waals surface area contributed by atoms with Crippen LogP contribution in [0.1, 0.15) is 17.3 Å². The summed E-state index contributed by atoms with van der Waals surface area (Å²) in [7, 11) is 0. The second kappa shape index (κ2) is 7.50. The number of aliphatic hydroxyl groups is 2. The van der Waals surface area contributed by atoms with E-state index in [1.165, 1.54) is 0 Å². The molecule has 0 amide bonds. The maximum absolute atomic E-state index is 11.6. The summed E-state index contributed by atoms with van der Waals surface area (Å²) in [5.74, 6) is -1.23. The first-order valence-electron chi connectivity index (χ1n) is 5.73. The number of benzene rings is 1. The smallest absolute Gasteiger partial charge is 0.338 e. The summed E-state index contributed by atoms with van der Waals surface area (Å²) in [6.45, 7) is 0.242. The molecule has 0 saturated heterocycles. The number of hydrogen-bond acceptors (Lipinski definition) is 6. The fourth-order valence-electron chi connectivity index (χ4n) is 1.37. The highest BCUT2D eigenvalue weighted by molar-refractivity contribution is 5.89. The van der Waals surface area contributed by atoms with E-state index in [0.717, 1.165) is 6.92 Å². The molecule has 0 bridgehead atoms. The van der Waals surface area contributed by atoms with Gasteiger partial charge in [0, 0.05) is 6.92 Å². The van der Waals surface area contributed by atoms with Gasteiger partial charge < -0.3 is 19.7 Å². The van der Waals surface area contributed by atoms with Crippen LogP contribution in [-0.2, 0) is 14.3 Å². The average molecular weight is 268 g/mol. The number of carbonyl (C=O) groups excluding carboxylic acids is 2. The highest BCUT2D eigenvalue weighted by atomic mass is 16.6. The van der Waals surface area contributed by atoms with Crippen molar-refractivity contribution in [2.24, 2.45) is 0 Å². The fourth-order valence-corrected chi connectivity index (χ4v) is 1.37. The Morgan fingerprint density at radius 1 is 1.26 bits per heavy atom. The van der Waals surface area contributed by atoms with Gasteiger partial charge in [-0.15, -0.1) is 0 Å². The van der Waals surface area contributed by atoms with Gasteiger partial charge in [0.15, 0.2) is 6.10 Å². The fraction of sp³-hybridized carbons (Fsp3) is 0.385. The van der Waals surface area contributed by atoms with Gasteiger partial charge in [0.25, 0.3) is 0 Å². The Balaban J connectivity index is 2.56. The molecule has 0 fully saturated rings. The topological polar surface area (TPSA) is 93.1 Å². The van der Waals surface area contributed by atoms with Crippen molar-refractivity contribution in [2.75, 3.05) is 13.2 Å². The molecule has 1 rings (SSSR count). The molecule has 2 atom stereocenters.